The molecule has 0 fully saturated rings. The summed E-state index contributed by atoms with van der Waals surface area (Å²) in [5.41, 5.74) is 0. The molecule has 0 heterocycles. The average Bonchev–Trinajstić information content (AvgIpc) is 2.79. The molecule has 0 saturated carbocycles. The van der Waals surface area contributed by atoms with Gasteiger partial charge in [-0.05, 0) is 12.8 Å². The highest BCUT2D eigenvalue weighted by molar-refractivity contribution is 5.89. The predicted octanol–water partition coefficient (Wildman–Crippen LogP) is 7.65. The van der Waals surface area contributed by atoms with Crippen LogP contribution in [0.25, 0.3) is 0 Å². The fourth-order valence-corrected chi connectivity index (χ4v) is 4.23. The van der Waals surface area contributed by atoms with Crippen molar-refractivity contribution < 1.29 is 14.7 Å². The minimum atomic E-state index is -0.718. The fraction of sp³-hybridized carbons (Fsp3) is 0.929. The standard InChI is InChI=1S/C28H55NO3/c1-3-5-7-9-11-12-13-14-15-16-18-19-21-23-27(31)26(25-30)29-28(32)24-22-20-17-10-8-6-4-2/h26,30H,3-25H2,1-2H3,(H,29,32)/t26-/m0/s1. The Morgan fingerprint density at radius 3 is 1.28 bits per heavy atom. The van der Waals surface area contributed by atoms with E-state index in [-0.39, 0.29) is 18.3 Å². The molecule has 190 valence electrons. The molecule has 0 unspecified atom stereocenters. The molecule has 0 radical (unpaired) electrons. The van der Waals surface area contributed by atoms with E-state index in [2.05, 4.69) is 19.2 Å². The average molecular weight is 454 g/mol. The van der Waals surface area contributed by atoms with E-state index in [1.807, 2.05) is 0 Å². The molecule has 0 aromatic carbocycles. The molecule has 0 rings (SSSR count). The molecule has 32 heavy (non-hydrogen) atoms. The van der Waals surface area contributed by atoms with E-state index in [4.69, 9.17) is 0 Å². The van der Waals surface area contributed by atoms with Crippen molar-refractivity contribution in [3.05, 3.63) is 0 Å². The number of carbonyl (C=O) groups excluding carboxylic acids is 2. The zero-order chi connectivity index (χ0) is 23.7. The van der Waals surface area contributed by atoms with E-state index in [0.717, 1.165) is 25.7 Å². The first-order chi connectivity index (χ1) is 15.7. The quantitative estimate of drug-likeness (QED) is 0.139. The van der Waals surface area contributed by atoms with Gasteiger partial charge in [-0.3, -0.25) is 9.59 Å². The number of hydrogen-bond donors (Lipinski definition) is 2. The van der Waals surface area contributed by atoms with E-state index < -0.39 is 6.04 Å². The van der Waals surface area contributed by atoms with Crippen LogP contribution in [0.3, 0.4) is 0 Å². The van der Waals surface area contributed by atoms with Crippen molar-refractivity contribution in [3.8, 4) is 0 Å². The van der Waals surface area contributed by atoms with Gasteiger partial charge in [0, 0.05) is 12.8 Å². The molecular formula is C28H55NO3. The molecular weight excluding hydrogens is 398 g/mol. The van der Waals surface area contributed by atoms with Crippen LogP contribution in [0.4, 0.5) is 0 Å². The van der Waals surface area contributed by atoms with Crippen LogP contribution in [-0.4, -0.2) is 29.4 Å². The van der Waals surface area contributed by atoms with Crippen LogP contribution in [0.2, 0.25) is 0 Å². The molecule has 2 N–H and O–H groups in total. The Morgan fingerprint density at radius 2 is 0.906 bits per heavy atom. The zero-order valence-electron chi connectivity index (χ0n) is 21.6. The molecule has 1 amide bonds. The Kier molecular flexibility index (Phi) is 24.0. The highest BCUT2D eigenvalue weighted by Gasteiger charge is 2.18. The number of rotatable bonds is 25. The van der Waals surface area contributed by atoms with Gasteiger partial charge in [-0.2, -0.15) is 0 Å². The Bertz CT molecular complexity index is 425. The lowest BCUT2D eigenvalue weighted by Crippen LogP contribution is -2.43. The monoisotopic (exact) mass is 453 g/mol. The van der Waals surface area contributed by atoms with Crippen molar-refractivity contribution in [2.75, 3.05) is 6.61 Å². The normalized spacial score (nSPS) is 12.1. The van der Waals surface area contributed by atoms with Crippen LogP contribution in [0.1, 0.15) is 155 Å². The first-order valence-corrected chi connectivity index (χ1v) is 14.1. The number of nitrogens with one attached hydrogen (secondary N) is 1. The van der Waals surface area contributed by atoms with Crippen LogP contribution in [0, 0.1) is 0 Å². The highest BCUT2D eigenvalue weighted by Crippen LogP contribution is 2.13. The van der Waals surface area contributed by atoms with E-state index >= 15 is 0 Å². The number of ketones is 1. The molecule has 0 bridgehead atoms. The molecule has 4 nitrogen and oxygen atoms in total. The number of aliphatic hydroxyl groups excluding tert-OH is 1. The van der Waals surface area contributed by atoms with Crippen molar-refractivity contribution in [2.24, 2.45) is 0 Å². The number of amides is 1. The maximum atomic E-state index is 12.3. The Hall–Kier alpha value is -0.900. The van der Waals surface area contributed by atoms with Crippen molar-refractivity contribution in [3.63, 3.8) is 0 Å². The fourth-order valence-electron chi connectivity index (χ4n) is 4.23. The molecule has 0 aliphatic heterocycles. The summed E-state index contributed by atoms with van der Waals surface area (Å²) in [6.45, 7) is 4.18. The van der Waals surface area contributed by atoms with Gasteiger partial charge in [-0.1, -0.05) is 129 Å². The largest absolute Gasteiger partial charge is 0.394 e. The summed E-state index contributed by atoms with van der Waals surface area (Å²) in [6.07, 6.45) is 25.7. The number of hydrogen-bond acceptors (Lipinski definition) is 3. The lowest BCUT2D eigenvalue weighted by Gasteiger charge is -2.15. The van der Waals surface area contributed by atoms with Gasteiger partial charge in [0.05, 0.1) is 6.61 Å². The second kappa shape index (κ2) is 24.7. The van der Waals surface area contributed by atoms with Gasteiger partial charge < -0.3 is 10.4 Å². The molecule has 0 aromatic heterocycles. The van der Waals surface area contributed by atoms with Crippen molar-refractivity contribution in [2.45, 2.75) is 161 Å². The molecule has 1 atom stereocenters. The van der Waals surface area contributed by atoms with E-state index in [0.29, 0.717) is 12.8 Å². The minimum Gasteiger partial charge on any atom is -0.394 e. The van der Waals surface area contributed by atoms with Gasteiger partial charge in [-0.15, -0.1) is 0 Å². The van der Waals surface area contributed by atoms with Crippen LogP contribution < -0.4 is 5.32 Å². The molecule has 0 aliphatic carbocycles. The van der Waals surface area contributed by atoms with Crippen molar-refractivity contribution >= 4 is 11.7 Å². The van der Waals surface area contributed by atoms with Gasteiger partial charge in [0.15, 0.2) is 5.78 Å². The summed E-state index contributed by atoms with van der Waals surface area (Å²) in [6, 6.07) is -0.718. The van der Waals surface area contributed by atoms with Crippen molar-refractivity contribution in [1.82, 2.24) is 5.32 Å². The lowest BCUT2D eigenvalue weighted by atomic mass is 10.0. The van der Waals surface area contributed by atoms with Crippen molar-refractivity contribution in [1.29, 1.82) is 0 Å². The smallest absolute Gasteiger partial charge is 0.220 e. The third-order valence-electron chi connectivity index (χ3n) is 6.44. The summed E-state index contributed by atoms with van der Waals surface area (Å²) < 4.78 is 0. The van der Waals surface area contributed by atoms with Crippen LogP contribution in [0.15, 0.2) is 0 Å². The molecule has 4 heteroatoms. The first-order valence-electron chi connectivity index (χ1n) is 14.1. The lowest BCUT2D eigenvalue weighted by molar-refractivity contribution is -0.128. The van der Waals surface area contributed by atoms with E-state index in [1.165, 1.54) is 103 Å². The maximum absolute atomic E-state index is 12.3. The Morgan fingerprint density at radius 1 is 0.562 bits per heavy atom. The highest BCUT2D eigenvalue weighted by atomic mass is 16.3. The number of unbranched alkanes of at least 4 members (excludes halogenated alkanes) is 18. The van der Waals surface area contributed by atoms with Gasteiger partial charge in [0.25, 0.3) is 0 Å². The summed E-state index contributed by atoms with van der Waals surface area (Å²) in [5, 5.41) is 12.2. The number of Topliss-reactive ketones (excluding diaryl/α,β-unsaturated/α-hetero) is 1. The topological polar surface area (TPSA) is 66.4 Å². The zero-order valence-corrected chi connectivity index (χ0v) is 21.6. The Balaban J connectivity index is 3.59. The number of carbonyl (C=O) groups is 2. The summed E-state index contributed by atoms with van der Waals surface area (Å²) in [5.74, 6) is -0.125. The summed E-state index contributed by atoms with van der Waals surface area (Å²) in [4.78, 5) is 24.4. The van der Waals surface area contributed by atoms with Crippen LogP contribution in [-0.2, 0) is 9.59 Å². The maximum Gasteiger partial charge on any atom is 0.220 e. The molecule has 0 saturated heterocycles. The minimum absolute atomic E-state index is 0.0245. The Labute approximate surface area is 199 Å². The second-order valence-electron chi connectivity index (χ2n) is 9.63. The SMILES string of the molecule is CCCCCCCCCCCCCCCC(=O)[C@H](CO)NC(=O)CCCCCCCCC. The number of aliphatic hydroxyl groups is 1. The van der Waals surface area contributed by atoms with Gasteiger partial charge in [0.2, 0.25) is 5.91 Å². The second-order valence-corrected chi connectivity index (χ2v) is 9.63. The third kappa shape index (κ3) is 21.0. The molecule has 0 aromatic rings. The van der Waals surface area contributed by atoms with Gasteiger partial charge in [0.1, 0.15) is 6.04 Å². The summed E-state index contributed by atoms with van der Waals surface area (Å²) >= 11 is 0. The van der Waals surface area contributed by atoms with E-state index in [1.54, 1.807) is 0 Å². The van der Waals surface area contributed by atoms with Gasteiger partial charge >= 0.3 is 0 Å². The third-order valence-corrected chi connectivity index (χ3v) is 6.44. The molecule has 0 aliphatic rings. The first kappa shape index (κ1) is 31.1. The van der Waals surface area contributed by atoms with Gasteiger partial charge in [-0.25, -0.2) is 0 Å². The summed E-state index contributed by atoms with van der Waals surface area (Å²) in [7, 11) is 0. The molecule has 0 spiro atoms. The van der Waals surface area contributed by atoms with E-state index in [9.17, 15) is 14.7 Å². The predicted molar refractivity (Wildman–Crippen MR) is 137 cm³/mol. The van der Waals surface area contributed by atoms with Crippen LogP contribution >= 0.6 is 0 Å². The van der Waals surface area contributed by atoms with Crippen LogP contribution in [0.5, 0.6) is 0 Å².